The van der Waals surface area contributed by atoms with Gasteiger partial charge in [-0.15, -0.1) is 11.3 Å². The highest BCUT2D eigenvalue weighted by molar-refractivity contribution is 7.89. The van der Waals surface area contributed by atoms with Crippen molar-refractivity contribution in [1.29, 1.82) is 0 Å². The summed E-state index contributed by atoms with van der Waals surface area (Å²) in [4.78, 5) is 4.61. The molecule has 3 rings (SSSR count). The average Bonchev–Trinajstić information content (AvgIpc) is 3.03. The van der Waals surface area contributed by atoms with Crippen molar-refractivity contribution >= 4 is 32.1 Å². The first-order chi connectivity index (χ1) is 9.41. The van der Waals surface area contributed by atoms with E-state index in [1.807, 2.05) is 6.92 Å². The highest BCUT2D eigenvalue weighted by Crippen LogP contribution is 2.26. The molecule has 0 aromatic carbocycles. The quantitative estimate of drug-likeness (QED) is 0.870. The smallest absolute Gasteiger partial charge is 0.260 e. The van der Waals surface area contributed by atoms with E-state index in [4.69, 9.17) is 10.5 Å². The predicted molar refractivity (Wildman–Crippen MR) is 76.3 cm³/mol. The third-order valence-corrected chi connectivity index (χ3v) is 5.63. The molecule has 1 unspecified atom stereocenters. The summed E-state index contributed by atoms with van der Waals surface area (Å²) in [7, 11) is -3.72. The van der Waals surface area contributed by atoms with Crippen LogP contribution in [0.4, 0.5) is 5.82 Å². The molecule has 0 bridgehead atoms. The fourth-order valence-corrected chi connectivity index (χ4v) is 4.48. The molecule has 0 aliphatic carbocycles. The molecule has 1 fully saturated rings. The van der Waals surface area contributed by atoms with Crippen LogP contribution < -0.4 is 10.5 Å². The Bertz CT molecular complexity index is 728. The minimum absolute atomic E-state index is 0.00431. The maximum absolute atomic E-state index is 12.4. The van der Waals surface area contributed by atoms with E-state index in [0.29, 0.717) is 11.6 Å². The zero-order chi connectivity index (χ0) is 14.4. The van der Waals surface area contributed by atoms with E-state index in [1.165, 1.54) is 15.7 Å². The van der Waals surface area contributed by atoms with Crippen LogP contribution in [-0.2, 0) is 14.8 Å². The highest BCUT2D eigenvalue weighted by atomic mass is 32.2. The van der Waals surface area contributed by atoms with Gasteiger partial charge in [0.1, 0.15) is 0 Å². The Morgan fingerprint density at radius 2 is 2.45 bits per heavy atom. The van der Waals surface area contributed by atoms with E-state index in [-0.39, 0.29) is 17.4 Å². The molecule has 1 aliphatic rings. The van der Waals surface area contributed by atoms with Gasteiger partial charge in [-0.2, -0.15) is 0 Å². The van der Waals surface area contributed by atoms with Crippen molar-refractivity contribution in [2.24, 2.45) is 0 Å². The van der Waals surface area contributed by atoms with Gasteiger partial charge in [-0.1, -0.05) is 0 Å². The van der Waals surface area contributed by atoms with Crippen LogP contribution >= 0.6 is 11.3 Å². The lowest BCUT2D eigenvalue weighted by atomic mass is 10.0. The lowest BCUT2D eigenvalue weighted by Crippen LogP contribution is -2.40. The van der Waals surface area contributed by atoms with Gasteiger partial charge in [-0.05, 0) is 19.8 Å². The summed E-state index contributed by atoms with van der Waals surface area (Å²) in [6.45, 7) is 2.80. The second kappa shape index (κ2) is 4.69. The first-order valence-corrected chi connectivity index (χ1v) is 8.62. The molecule has 2 aromatic heterocycles. The second-order valence-electron chi connectivity index (χ2n) is 5.08. The lowest BCUT2D eigenvalue weighted by molar-refractivity contribution is 0.0250. The van der Waals surface area contributed by atoms with E-state index in [0.717, 1.165) is 12.8 Å². The summed E-state index contributed by atoms with van der Waals surface area (Å²) in [6, 6.07) is 0. The molecule has 2 aromatic rings. The molecule has 0 saturated carbocycles. The lowest BCUT2D eigenvalue weighted by Gasteiger charge is -2.23. The largest absolute Gasteiger partial charge is 0.381 e. The van der Waals surface area contributed by atoms with Crippen LogP contribution in [0.5, 0.6) is 0 Å². The van der Waals surface area contributed by atoms with Crippen molar-refractivity contribution in [2.75, 3.05) is 18.9 Å². The maximum atomic E-state index is 12.4. The number of sulfonamides is 1. The van der Waals surface area contributed by atoms with Crippen molar-refractivity contribution in [3.8, 4) is 0 Å². The number of hydrogen-bond donors (Lipinski definition) is 2. The van der Waals surface area contributed by atoms with Crippen LogP contribution in [0.1, 0.15) is 19.8 Å². The zero-order valence-electron chi connectivity index (χ0n) is 11.0. The molecular formula is C11H16N4O3S2. The summed E-state index contributed by atoms with van der Waals surface area (Å²) < 4.78 is 34.5. The van der Waals surface area contributed by atoms with Gasteiger partial charge in [0.25, 0.3) is 10.0 Å². The molecule has 1 saturated heterocycles. The summed E-state index contributed by atoms with van der Waals surface area (Å²) >= 11 is 1.34. The van der Waals surface area contributed by atoms with E-state index in [9.17, 15) is 8.42 Å². The number of rotatable bonds is 4. The average molecular weight is 316 g/mol. The van der Waals surface area contributed by atoms with Crippen LogP contribution in [0.2, 0.25) is 0 Å². The standard InChI is InChI=1S/C11H16N4O3S2/c1-11(3-2-5-18-11)7-13-20(16,17)9-8(12)14-10-15(9)4-6-19-10/h4,6,13H,2-3,5,7,12H2,1H3. The Kier molecular flexibility index (Phi) is 3.24. The summed E-state index contributed by atoms with van der Waals surface area (Å²) in [5.74, 6) is 0.0156. The van der Waals surface area contributed by atoms with Crippen LogP contribution in [0.3, 0.4) is 0 Å². The molecular weight excluding hydrogens is 300 g/mol. The molecule has 20 heavy (non-hydrogen) atoms. The Labute approximate surface area is 120 Å². The minimum atomic E-state index is -3.72. The summed E-state index contributed by atoms with van der Waals surface area (Å²) in [5, 5.41) is 1.76. The van der Waals surface area contributed by atoms with E-state index in [1.54, 1.807) is 11.6 Å². The molecule has 3 N–H and O–H groups in total. The van der Waals surface area contributed by atoms with Gasteiger partial charge < -0.3 is 10.5 Å². The number of hydrogen-bond acceptors (Lipinski definition) is 6. The number of nitrogens with one attached hydrogen (secondary N) is 1. The van der Waals surface area contributed by atoms with E-state index >= 15 is 0 Å². The number of anilines is 1. The molecule has 0 radical (unpaired) electrons. The van der Waals surface area contributed by atoms with Crippen LogP contribution in [0.25, 0.3) is 4.96 Å². The molecule has 1 atom stereocenters. The van der Waals surface area contributed by atoms with Crippen LogP contribution in [0, 0.1) is 0 Å². The number of nitrogens with two attached hydrogens (primary N) is 1. The Morgan fingerprint density at radius 1 is 1.65 bits per heavy atom. The summed E-state index contributed by atoms with van der Waals surface area (Å²) in [5.41, 5.74) is 5.28. The number of thiazole rings is 1. The van der Waals surface area contributed by atoms with Crippen molar-refractivity contribution < 1.29 is 13.2 Å². The van der Waals surface area contributed by atoms with Gasteiger partial charge in [0.2, 0.25) is 0 Å². The van der Waals surface area contributed by atoms with Gasteiger partial charge in [0.15, 0.2) is 15.8 Å². The Hall–Kier alpha value is -1.16. The van der Waals surface area contributed by atoms with Gasteiger partial charge >= 0.3 is 0 Å². The van der Waals surface area contributed by atoms with Crippen molar-refractivity contribution in [3.63, 3.8) is 0 Å². The molecule has 7 nitrogen and oxygen atoms in total. The SMILES string of the molecule is CC1(CNS(=O)(=O)c2c(N)nc3sccn23)CCCO1. The molecule has 1 aliphatic heterocycles. The van der Waals surface area contributed by atoms with Gasteiger partial charge in [-0.25, -0.2) is 18.1 Å². The number of fused-ring (bicyclic) bond motifs is 1. The molecule has 9 heteroatoms. The number of nitrogen functional groups attached to an aromatic ring is 1. The maximum Gasteiger partial charge on any atom is 0.260 e. The van der Waals surface area contributed by atoms with Crippen LogP contribution in [0.15, 0.2) is 16.6 Å². The van der Waals surface area contributed by atoms with Gasteiger partial charge in [0.05, 0.1) is 5.60 Å². The fourth-order valence-electron chi connectivity index (χ4n) is 2.34. The topological polar surface area (TPSA) is 98.7 Å². The van der Waals surface area contributed by atoms with Crippen LogP contribution in [-0.4, -0.2) is 36.6 Å². The van der Waals surface area contributed by atoms with Gasteiger partial charge in [0, 0.05) is 24.7 Å². The highest BCUT2D eigenvalue weighted by Gasteiger charge is 2.33. The second-order valence-corrected chi connectivity index (χ2v) is 7.64. The predicted octanol–water partition coefficient (Wildman–Crippen LogP) is 0.825. The first-order valence-electron chi connectivity index (χ1n) is 6.26. The third kappa shape index (κ3) is 2.30. The number of ether oxygens (including phenoxy) is 1. The number of imidazole rings is 1. The molecule has 0 spiro atoms. The monoisotopic (exact) mass is 316 g/mol. The van der Waals surface area contributed by atoms with Crippen molar-refractivity contribution in [3.05, 3.63) is 11.6 Å². The normalized spacial score (nSPS) is 23.6. The minimum Gasteiger partial charge on any atom is -0.381 e. The van der Waals surface area contributed by atoms with Gasteiger partial charge in [-0.3, -0.25) is 4.40 Å². The zero-order valence-corrected chi connectivity index (χ0v) is 12.6. The number of aromatic nitrogens is 2. The Morgan fingerprint density at radius 3 is 3.15 bits per heavy atom. The molecule has 110 valence electrons. The van der Waals surface area contributed by atoms with E-state index in [2.05, 4.69) is 9.71 Å². The Balaban J connectivity index is 1.88. The molecule has 0 amide bonds. The van der Waals surface area contributed by atoms with Crippen molar-refractivity contribution in [1.82, 2.24) is 14.1 Å². The first kappa shape index (κ1) is 13.8. The number of nitrogens with zero attached hydrogens (tertiary/aromatic N) is 2. The van der Waals surface area contributed by atoms with E-state index < -0.39 is 15.6 Å². The molecule has 3 heterocycles. The third-order valence-electron chi connectivity index (χ3n) is 3.43. The summed E-state index contributed by atoms with van der Waals surface area (Å²) in [6.07, 6.45) is 3.43. The fraction of sp³-hybridized carbons (Fsp3) is 0.545. The van der Waals surface area contributed by atoms with Crippen molar-refractivity contribution in [2.45, 2.75) is 30.4 Å².